The lowest BCUT2D eigenvalue weighted by atomic mass is 10.0. The van der Waals surface area contributed by atoms with Crippen LogP contribution in [0.3, 0.4) is 0 Å². The molecule has 0 aliphatic heterocycles. The molecule has 1 aromatic carbocycles. The summed E-state index contributed by atoms with van der Waals surface area (Å²) in [4.78, 5) is 4.40. The highest BCUT2D eigenvalue weighted by atomic mass is 79.9. The van der Waals surface area contributed by atoms with Crippen molar-refractivity contribution in [2.24, 2.45) is 0 Å². The number of halogens is 1. The second-order valence-corrected chi connectivity index (χ2v) is 5.56. The van der Waals surface area contributed by atoms with Crippen LogP contribution in [0.1, 0.15) is 16.7 Å². The number of hydrogen-bond acceptors (Lipinski definition) is 3. The van der Waals surface area contributed by atoms with Gasteiger partial charge in [0.05, 0.1) is 16.8 Å². The second kappa shape index (κ2) is 3.61. The zero-order valence-corrected chi connectivity index (χ0v) is 10.4. The molecule has 0 aliphatic rings. The number of aromatic nitrogens is 1. The van der Waals surface area contributed by atoms with Gasteiger partial charge in [0.2, 0.25) is 0 Å². The molecule has 0 fully saturated rings. The van der Waals surface area contributed by atoms with Crippen molar-refractivity contribution < 1.29 is 5.11 Å². The van der Waals surface area contributed by atoms with E-state index in [-0.39, 0.29) is 6.61 Å². The molecule has 4 heteroatoms. The standard InChI is InChI=1S/C10H10BrNOS/c1-5-6(2)9-8(3-7(5)4-13)14-10(11)12-9/h3,13H,4H2,1-2H3. The fourth-order valence-electron chi connectivity index (χ4n) is 1.52. The lowest BCUT2D eigenvalue weighted by molar-refractivity contribution is 0.281. The molecule has 0 spiro atoms. The molecule has 0 bridgehead atoms. The van der Waals surface area contributed by atoms with Crippen LogP contribution in [0.5, 0.6) is 0 Å². The lowest BCUT2D eigenvalue weighted by Gasteiger charge is -2.06. The quantitative estimate of drug-likeness (QED) is 0.865. The summed E-state index contributed by atoms with van der Waals surface area (Å²) in [5, 5.41) is 9.18. The van der Waals surface area contributed by atoms with Crippen molar-refractivity contribution in [1.29, 1.82) is 0 Å². The van der Waals surface area contributed by atoms with Crippen LogP contribution in [0, 0.1) is 13.8 Å². The lowest BCUT2D eigenvalue weighted by Crippen LogP contribution is -1.92. The van der Waals surface area contributed by atoms with Crippen molar-refractivity contribution in [3.8, 4) is 0 Å². The number of benzene rings is 1. The smallest absolute Gasteiger partial charge is 0.160 e. The van der Waals surface area contributed by atoms with Crippen LogP contribution in [-0.4, -0.2) is 10.1 Å². The van der Waals surface area contributed by atoms with E-state index < -0.39 is 0 Å². The highest BCUT2D eigenvalue weighted by Crippen LogP contribution is 2.31. The number of hydrogen-bond donors (Lipinski definition) is 1. The van der Waals surface area contributed by atoms with Gasteiger partial charge in [0.15, 0.2) is 3.92 Å². The predicted octanol–water partition coefficient (Wildman–Crippen LogP) is 3.17. The van der Waals surface area contributed by atoms with Gasteiger partial charge >= 0.3 is 0 Å². The number of fused-ring (bicyclic) bond motifs is 1. The van der Waals surface area contributed by atoms with Gasteiger partial charge in [-0.3, -0.25) is 0 Å². The maximum atomic E-state index is 9.18. The van der Waals surface area contributed by atoms with Crippen LogP contribution in [0.25, 0.3) is 10.2 Å². The first-order valence-corrected chi connectivity index (χ1v) is 5.90. The number of rotatable bonds is 1. The Morgan fingerprint density at radius 2 is 2.14 bits per heavy atom. The van der Waals surface area contributed by atoms with Crippen LogP contribution < -0.4 is 0 Å². The Labute approximate surface area is 94.7 Å². The molecule has 2 aromatic rings. The third kappa shape index (κ3) is 1.47. The van der Waals surface area contributed by atoms with Gasteiger partial charge in [0.1, 0.15) is 0 Å². The summed E-state index contributed by atoms with van der Waals surface area (Å²) < 4.78 is 2.02. The minimum absolute atomic E-state index is 0.0954. The number of aliphatic hydroxyl groups is 1. The normalized spacial score (nSPS) is 11.1. The third-order valence-electron chi connectivity index (χ3n) is 2.50. The van der Waals surface area contributed by atoms with E-state index in [1.807, 2.05) is 19.9 Å². The number of aliphatic hydroxyl groups excluding tert-OH is 1. The van der Waals surface area contributed by atoms with Crippen molar-refractivity contribution >= 4 is 37.5 Å². The summed E-state index contributed by atoms with van der Waals surface area (Å²) in [5.74, 6) is 0. The fraction of sp³-hybridized carbons (Fsp3) is 0.300. The molecule has 0 aliphatic carbocycles. The van der Waals surface area contributed by atoms with Gasteiger partial charge in [-0.05, 0) is 52.5 Å². The van der Waals surface area contributed by atoms with E-state index in [9.17, 15) is 5.11 Å². The van der Waals surface area contributed by atoms with Gasteiger partial charge in [-0.1, -0.05) is 0 Å². The number of aryl methyl sites for hydroxylation is 1. The zero-order chi connectivity index (χ0) is 10.3. The molecule has 0 radical (unpaired) electrons. The van der Waals surface area contributed by atoms with Crippen molar-refractivity contribution in [1.82, 2.24) is 4.98 Å². The van der Waals surface area contributed by atoms with Crippen LogP contribution >= 0.6 is 27.3 Å². The van der Waals surface area contributed by atoms with Gasteiger partial charge in [-0.2, -0.15) is 0 Å². The molecule has 1 heterocycles. The first-order chi connectivity index (χ1) is 6.63. The molecule has 14 heavy (non-hydrogen) atoms. The second-order valence-electron chi connectivity index (χ2n) is 3.26. The Hall–Kier alpha value is -0.450. The summed E-state index contributed by atoms with van der Waals surface area (Å²) in [7, 11) is 0. The molecular formula is C10H10BrNOS. The highest BCUT2D eigenvalue weighted by Gasteiger charge is 2.09. The van der Waals surface area contributed by atoms with Crippen LogP contribution in [0.4, 0.5) is 0 Å². The van der Waals surface area contributed by atoms with Crippen molar-refractivity contribution in [2.45, 2.75) is 20.5 Å². The molecule has 0 saturated heterocycles. The Bertz CT molecular complexity index is 492. The molecule has 0 amide bonds. The van der Waals surface area contributed by atoms with Crippen LogP contribution in [0.2, 0.25) is 0 Å². The van der Waals surface area contributed by atoms with Gasteiger partial charge < -0.3 is 5.11 Å². The van der Waals surface area contributed by atoms with E-state index in [1.54, 1.807) is 11.3 Å². The zero-order valence-electron chi connectivity index (χ0n) is 7.97. The minimum atomic E-state index is 0.0954. The van der Waals surface area contributed by atoms with E-state index in [1.165, 1.54) is 0 Å². The molecule has 2 rings (SSSR count). The monoisotopic (exact) mass is 271 g/mol. The average Bonchev–Trinajstić information content (AvgIpc) is 2.52. The van der Waals surface area contributed by atoms with E-state index >= 15 is 0 Å². The summed E-state index contributed by atoms with van der Waals surface area (Å²) in [6.45, 7) is 4.16. The van der Waals surface area contributed by atoms with E-state index in [4.69, 9.17) is 0 Å². The Kier molecular flexibility index (Phi) is 2.60. The summed E-state index contributed by atoms with van der Waals surface area (Å²) >= 11 is 4.97. The SMILES string of the molecule is Cc1c(CO)cc2sc(Br)nc2c1C. The summed E-state index contributed by atoms with van der Waals surface area (Å²) in [6.07, 6.45) is 0. The summed E-state index contributed by atoms with van der Waals surface area (Å²) in [5.41, 5.74) is 4.33. The first kappa shape index (κ1) is 10.1. The Balaban J connectivity index is 2.84. The van der Waals surface area contributed by atoms with E-state index in [2.05, 4.69) is 20.9 Å². The first-order valence-electron chi connectivity index (χ1n) is 4.29. The predicted molar refractivity (Wildman–Crippen MR) is 62.7 cm³/mol. The maximum Gasteiger partial charge on any atom is 0.160 e. The average molecular weight is 272 g/mol. The van der Waals surface area contributed by atoms with Gasteiger partial charge in [-0.15, -0.1) is 11.3 Å². The fourth-order valence-corrected chi connectivity index (χ4v) is 3.04. The largest absolute Gasteiger partial charge is 0.392 e. The van der Waals surface area contributed by atoms with Crippen LogP contribution in [-0.2, 0) is 6.61 Å². The van der Waals surface area contributed by atoms with Gasteiger partial charge in [0, 0.05) is 0 Å². The summed E-state index contributed by atoms with van der Waals surface area (Å²) in [6, 6.07) is 2.01. The number of thiazole rings is 1. The maximum absolute atomic E-state index is 9.18. The Morgan fingerprint density at radius 3 is 2.79 bits per heavy atom. The highest BCUT2D eigenvalue weighted by molar-refractivity contribution is 9.11. The third-order valence-corrected chi connectivity index (χ3v) is 3.96. The van der Waals surface area contributed by atoms with Crippen molar-refractivity contribution in [3.05, 3.63) is 26.7 Å². The topological polar surface area (TPSA) is 33.1 Å². The molecule has 0 unspecified atom stereocenters. The molecule has 74 valence electrons. The Morgan fingerprint density at radius 1 is 1.43 bits per heavy atom. The van der Waals surface area contributed by atoms with E-state index in [0.29, 0.717) is 0 Å². The van der Waals surface area contributed by atoms with Gasteiger partial charge in [0.25, 0.3) is 0 Å². The van der Waals surface area contributed by atoms with Crippen molar-refractivity contribution in [3.63, 3.8) is 0 Å². The molecular weight excluding hydrogens is 262 g/mol. The molecule has 0 atom stereocenters. The molecule has 2 nitrogen and oxygen atoms in total. The van der Waals surface area contributed by atoms with Crippen molar-refractivity contribution in [2.75, 3.05) is 0 Å². The molecule has 1 aromatic heterocycles. The van der Waals surface area contributed by atoms with Crippen LogP contribution in [0.15, 0.2) is 9.98 Å². The molecule has 0 saturated carbocycles. The minimum Gasteiger partial charge on any atom is -0.392 e. The van der Waals surface area contributed by atoms with E-state index in [0.717, 1.165) is 30.8 Å². The van der Waals surface area contributed by atoms with Gasteiger partial charge in [-0.25, -0.2) is 4.98 Å². The molecule has 1 N–H and O–H groups in total. The number of nitrogens with zero attached hydrogens (tertiary/aromatic N) is 1.